The Hall–Kier alpha value is -2.62. The fourth-order valence-corrected chi connectivity index (χ4v) is 6.14. The van der Waals surface area contributed by atoms with Gasteiger partial charge < -0.3 is 29.5 Å². The van der Waals surface area contributed by atoms with Crippen molar-refractivity contribution in [3.05, 3.63) is 35.4 Å². The molecule has 2 N–H and O–H groups in total. The first-order chi connectivity index (χ1) is 19.0. The molecule has 2 aliphatic rings. The molecular formula is C31H49N3O6. The molecule has 2 heterocycles. The predicted molar refractivity (Wildman–Crippen MR) is 156 cm³/mol. The van der Waals surface area contributed by atoms with Gasteiger partial charge in [0, 0.05) is 37.2 Å². The van der Waals surface area contributed by atoms with Crippen LogP contribution in [0.15, 0.2) is 24.3 Å². The summed E-state index contributed by atoms with van der Waals surface area (Å²) in [4.78, 5) is 32.8. The number of carbonyl (C=O) groups excluding carboxylic acids is 1. The SMILES string of the molecule is C/C=C/C(C)(C)C[C@H]1[C@H](C(=O)O)[C@@H](c2cc(CO)c3c(c2)OCO3)CN1CC(=O)N(CCCC)CCCN(C)C. The summed E-state index contributed by atoms with van der Waals surface area (Å²) in [6.07, 6.45) is 7.54. The van der Waals surface area contributed by atoms with Gasteiger partial charge in [-0.05, 0) is 69.9 Å². The number of allylic oxidation sites excluding steroid dienone is 2. The average molecular weight is 560 g/mol. The van der Waals surface area contributed by atoms with E-state index in [1.165, 1.54) is 0 Å². The minimum absolute atomic E-state index is 0.0487. The van der Waals surface area contributed by atoms with Crippen molar-refractivity contribution in [1.82, 2.24) is 14.7 Å². The van der Waals surface area contributed by atoms with Crippen molar-refractivity contribution in [1.29, 1.82) is 0 Å². The van der Waals surface area contributed by atoms with Crippen LogP contribution in [0.1, 0.15) is 70.4 Å². The van der Waals surface area contributed by atoms with Crippen molar-refractivity contribution in [2.45, 2.75) is 71.9 Å². The van der Waals surface area contributed by atoms with E-state index in [1.54, 1.807) is 0 Å². The number of carbonyl (C=O) groups is 2. The largest absolute Gasteiger partial charge is 0.481 e. The van der Waals surface area contributed by atoms with Crippen LogP contribution in [0.5, 0.6) is 11.5 Å². The first-order valence-electron chi connectivity index (χ1n) is 14.6. The van der Waals surface area contributed by atoms with Crippen molar-refractivity contribution in [2.24, 2.45) is 11.3 Å². The molecular weight excluding hydrogens is 510 g/mol. The second-order valence-corrected chi connectivity index (χ2v) is 12.1. The monoisotopic (exact) mass is 559 g/mol. The lowest BCUT2D eigenvalue weighted by molar-refractivity contribution is -0.144. The predicted octanol–water partition coefficient (Wildman–Crippen LogP) is 3.95. The van der Waals surface area contributed by atoms with Gasteiger partial charge in [0.05, 0.1) is 19.1 Å². The van der Waals surface area contributed by atoms with Crippen molar-refractivity contribution >= 4 is 11.9 Å². The maximum Gasteiger partial charge on any atom is 0.308 e. The zero-order valence-corrected chi connectivity index (χ0v) is 25.2. The second kappa shape index (κ2) is 14.3. The van der Waals surface area contributed by atoms with Gasteiger partial charge in [-0.25, -0.2) is 0 Å². The molecule has 1 amide bonds. The molecule has 9 heteroatoms. The number of hydrogen-bond donors (Lipinski definition) is 2. The summed E-state index contributed by atoms with van der Waals surface area (Å²) in [6.45, 7) is 11.1. The van der Waals surface area contributed by atoms with E-state index < -0.39 is 11.9 Å². The Morgan fingerprint density at radius 3 is 2.50 bits per heavy atom. The fraction of sp³-hybridized carbons (Fsp3) is 0.677. The maximum absolute atomic E-state index is 13.7. The molecule has 0 saturated carbocycles. The maximum atomic E-state index is 13.7. The first kappa shape index (κ1) is 31.9. The Morgan fingerprint density at radius 2 is 1.88 bits per heavy atom. The smallest absolute Gasteiger partial charge is 0.308 e. The normalized spacial score (nSPS) is 21.1. The highest BCUT2D eigenvalue weighted by Crippen LogP contribution is 2.46. The van der Waals surface area contributed by atoms with Crippen molar-refractivity contribution in [3.63, 3.8) is 0 Å². The molecule has 1 fully saturated rings. The van der Waals surface area contributed by atoms with Crippen molar-refractivity contribution in [2.75, 3.05) is 53.6 Å². The van der Waals surface area contributed by atoms with E-state index in [0.717, 1.165) is 31.4 Å². The summed E-state index contributed by atoms with van der Waals surface area (Å²) in [7, 11) is 4.06. The molecule has 0 aliphatic carbocycles. The number of nitrogens with zero attached hydrogens (tertiary/aromatic N) is 3. The number of fused-ring (bicyclic) bond motifs is 1. The summed E-state index contributed by atoms with van der Waals surface area (Å²) in [6, 6.07) is 3.34. The van der Waals surface area contributed by atoms with Crippen LogP contribution < -0.4 is 9.47 Å². The van der Waals surface area contributed by atoms with Gasteiger partial charge in [0.15, 0.2) is 11.5 Å². The van der Waals surface area contributed by atoms with Crippen LogP contribution in [0.3, 0.4) is 0 Å². The minimum atomic E-state index is -0.877. The molecule has 224 valence electrons. The van der Waals surface area contributed by atoms with Crippen LogP contribution in [0.25, 0.3) is 0 Å². The molecule has 1 aromatic carbocycles. The zero-order valence-electron chi connectivity index (χ0n) is 25.2. The van der Waals surface area contributed by atoms with E-state index in [4.69, 9.17) is 9.47 Å². The van der Waals surface area contributed by atoms with Crippen LogP contribution in [0.2, 0.25) is 0 Å². The van der Waals surface area contributed by atoms with Gasteiger partial charge >= 0.3 is 5.97 Å². The highest BCUT2D eigenvalue weighted by atomic mass is 16.7. The molecule has 0 aromatic heterocycles. The Kier molecular flexibility index (Phi) is 11.4. The summed E-state index contributed by atoms with van der Waals surface area (Å²) in [5.41, 5.74) is 1.13. The number of aliphatic hydroxyl groups is 1. The third-order valence-corrected chi connectivity index (χ3v) is 8.06. The fourth-order valence-electron chi connectivity index (χ4n) is 6.14. The number of amides is 1. The third kappa shape index (κ3) is 7.98. The summed E-state index contributed by atoms with van der Waals surface area (Å²) in [5, 5.41) is 20.6. The van der Waals surface area contributed by atoms with Crippen LogP contribution in [0, 0.1) is 11.3 Å². The molecule has 0 unspecified atom stereocenters. The van der Waals surface area contributed by atoms with Gasteiger partial charge in [0.2, 0.25) is 12.7 Å². The van der Waals surface area contributed by atoms with Gasteiger partial charge in [-0.2, -0.15) is 0 Å². The summed E-state index contributed by atoms with van der Waals surface area (Å²) < 4.78 is 11.2. The summed E-state index contributed by atoms with van der Waals surface area (Å²) >= 11 is 0. The first-order valence-corrected chi connectivity index (χ1v) is 14.6. The number of carboxylic acids is 1. The zero-order chi connectivity index (χ0) is 29.4. The van der Waals surface area contributed by atoms with Crippen LogP contribution in [0.4, 0.5) is 0 Å². The van der Waals surface area contributed by atoms with Crippen molar-refractivity contribution in [3.8, 4) is 11.5 Å². The number of aliphatic hydroxyl groups excluding tert-OH is 1. The van der Waals surface area contributed by atoms with Gasteiger partial charge in [-0.3, -0.25) is 14.5 Å². The van der Waals surface area contributed by atoms with Gasteiger partial charge in [-0.1, -0.05) is 39.3 Å². The molecule has 1 saturated heterocycles. The van der Waals surface area contributed by atoms with Crippen LogP contribution >= 0.6 is 0 Å². The second-order valence-electron chi connectivity index (χ2n) is 12.1. The third-order valence-electron chi connectivity index (χ3n) is 8.06. The highest BCUT2D eigenvalue weighted by Gasteiger charge is 2.49. The van der Waals surface area contributed by atoms with E-state index in [2.05, 4.69) is 36.6 Å². The topological polar surface area (TPSA) is 103 Å². The Morgan fingerprint density at radius 1 is 1.15 bits per heavy atom. The minimum Gasteiger partial charge on any atom is -0.481 e. The molecule has 0 spiro atoms. The van der Waals surface area contributed by atoms with Crippen LogP contribution in [-0.2, 0) is 16.2 Å². The average Bonchev–Trinajstić information content (AvgIpc) is 3.49. The number of aliphatic carboxylic acids is 1. The number of hydrogen-bond acceptors (Lipinski definition) is 7. The van der Waals surface area contributed by atoms with E-state index >= 15 is 0 Å². The molecule has 3 atom stereocenters. The van der Waals surface area contributed by atoms with E-state index in [1.807, 2.05) is 44.1 Å². The molecule has 40 heavy (non-hydrogen) atoms. The molecule has 0 radical (unpaired) electrons. The summed E-state index contributed by atoms with van der Waals surface area (Å²) in [5.74, 6) is -0.877. The number of rotatable bonds is 15. The Labute approximate surface area is 239 Å². The molecule has 0 bridgehead atoms. The standard InChI is InChI=1S/C31H49N3O6/c1-7-9-13-33(14-10-12-32(5)6)27(36)19-34-18-24(22-15-23(20-35)29-26(16-22)39-21-40-29)28(30(37)38)25(34)17-31(3,4)11-8-2/h8,11,15-16,24-25,28,35H,7,9-10,12-14,17-21H2,1-6H3,(H,37,38)/b11-8+/t24-,25+,28-/m1/s1. The highest BCUT2D eigenvalue weighted by molar-refractivity contribution is 5.79. The number of carboxylic acid groups (broad SMARTS) is 1. The lowest BCUT2D eigenvalue weighted by Gasteiger charge is -2.34. The van der Waals surface area contributed by atoms with Gasteiger partial charge in [-0.15, -0.1) is 0 Å². The molecule has 3 rings (SSSR count). The van der Waals surface area contributed by atoms with Crippen molar-refractivity contribution < 1.29 is 29.3 Å². The molecule has 1 aromatic rings. The van der Waals surface area contributed by atoms with E-state index in [9.17, 15) is 19.8 Å². The number of ether oxygens (including phenoxy) is 2. The molecule has 9 nitrogen and oxygen atoms in total. The molecule has 2 aliphatic heterocycles. The van der Waals surface area contributed by atoms with E-state index in [-0.39, 0.29) is 43.2 Å². The lowest BCUT2D eigenvalue weighted by atomic mass is 9.77. The van der Waals surface area contributed by atoms with Crippen LogP contribution in [-0.4, -0.2) is 96.4 Å². The number of likely N-dealkylation sites (tertiary alicyclic amines) is 1. The van der Waals surface area contributed by atoms with Gasteiger partial charge in [0.25, 0.3) is 0 Å². The lowest BCUT2D eigenvalue weighted by Crippen LogP contribution is -2.46. The Bertz CT molecular complexity index is 1040. The number of unbranched alkanes of at least 4 members (excludes halogenated alkanes) is 1. The quantitative estimate of drug-likeness (QED) is 0.312. The van der Waals surface area contributed by atoms with Gasteiger partial charge in [0.1, 0.15) is 0 Å². The van der Waals surface area contributed by atoms with E-state index in [0.29, 0.717) is 43.1 Å². The number of benzene rings is 1. The Balaban J connectivity index is 1.95.